The molecule has 7 heteroatoms. The summed E-state index contributed by atoms with van der Waals surface area (Å²) < 4.78 is 0. The fourth-order valence-corrected chi connectivity index (χ4v) is 2.51. The largest absolute Gasteiger partial charge is 0.481 e. The van der Waals surface area contributed by atoms with Crippen molar-refractivity contribution in [2.45, 2.75) is 26.7 Å². The number of hydrogen-bond acceptors (Lipinski definition) is 4. The number of amides is 3. The molecule has 1 atom stereocenters. The highest BCUT2D eigenvalue weighted by atomic mass is 16.4. The number of hydrogen-bond donors (Lipinski definition) is 3. The smallest absolute Gasteiger partial charge is 0.321 e. The topological polar surface area (TPSA) is 98.7 Å². The molecule has 3 N–H and O–H groups in total. The SMILES string of the molecule is CNC(=O)NC(=O)CCN1CCC(C(=O)O)(C(C)C)C1. The van der Waals surface area contributed by atoms with Crippen LogP contribution in [0.25, 0.3) is 0 Å². The van der Waals surface area contributed by atoms with Gasteiger partial charge in [-0.15, -0.1) is 0 Å². The Morgan fingerprint density at radius 3 is 2.45 bits per heavy atom. The van der Waals surface area contributed by atoms with E-state index in [9.17, 15) is 19.5 Å². The maximum atomic E-state index is 11.5. The van der Waals surface area contributed by atoms with Gasteiger partial charge in [0.1, 0.15) is 0 Å². The number of likely N-dealkylation sites (tertiary alicyclic amines) is 1. The van der Waals surface area contributed by atoms with Crippen molar-refractivity contribution in [3.63, 3.8) is 0 Å². The number of carbonyl (C=O) groups excluding carboxylic acids is 2. The van der Waals surface area contributed by atoms with E-state index in [0.29, 0.717) is 26.1 Å². The van der Waals surface area contributed by atoms with Crippen LogP contribution in [0.5, 0.6) is 0 Å². The first kappa shape index (κ1) is 16.4. The summed E-state index contributed by atoms with van der Waals surface area (Å²) in [5, 5.41) is 13.9. The Labute approximate surface area is 118 Å². The van der Waals surface area contributed by atoms with E-state index >= 15 is 0 Å². The van der Waals surface area contributed by atoms with Gasteiger partial charge in [-0.25, -0.2) is 4.79 Å². The predicted molar refractivity (Wildman–Crippen MR) is 73.2 cm³/mol. The predicted octanol–water partition coefficient (Wildman–Crippen LogP) is 0.265. The molecule has 0 aliphatic carbocycles. The van der Waals surface area contributed by atoms with Crippen molar-refractivity contribution in [2.24, 2.45) is 11.3 Å². The second-order valence-corrected chi connectivity index (χ2v) is 5.52. The lowest BCUT2D eigenvalue weighted by atomic mass is 9.76. The zero-order valence-corrected chi connectivity index (χ0v) is 12.2. The number of nitrogens with zero attached hydrogens (tertiary/aromatic N) is 1. The number of urea groups is 1. The van der Waals surface area contributed by atoms with E-state index in [2.05, 4.69) is 10.6 Å². The van der Waals surface area contributed by atoms with E-state index in [-0.39, 0.29) is 18.2 Å². The molecule has 1 unspecified atom stereocenters. The van der Waals surface area contributed by atoms with Crippen molar-refractivity contribution in [1.29, 1.82) is 0 Å². The fourth-order valence-electron chi connectivity index (χ4n) is 2.51. The third-order valence-electron chi connectivity index (χ3n) is 4.05. The molecule has 1 aliphatic rings. The van der Waals surface area contributed by atoms with Crippen LogP contribution in [0, 0.1) is 11.3 Å². The summed E-state index contributed by atoms with van der Waals surface area (Å²) in [5.41, 5.74) is -0.725. The summed E-state index contributed by atoms with van der Waals surface area (Å²) in [6.45, 7) is 5.40. The number of nitrogens with one attached hydrogen (secondary N) is 2. The van der Waals surface area contributed by atoms with Gasteiger partial charge >= 0.3 is 12.0 Å². The maximum Gasteiger partial charge on any atom is 0.321 e. The van der Waals surface area contributed by atoms with Crippen LogP contribution in [0.3, 0.4) is 0 Å². The van der Waals surface area contributed by atoms with E-state index in [1.807, 2.05) is 18.7 Å². The van der Waals surface area contributed by atoms with Crippen LogP contribution in [-0.2, 0) is 9.59 Å². The van der Waals surface area contributed by atoms with Gasteiger partial charge in [0.05, 0.1) is 5.41 Å². The van der Waals surface area contributed by atoms with Crippen LogP contribution in [0.4, 0.5) is 4.79 Å². The van der Waals surface area contributed by atoms with Gasteiger partial charge in [0, 0.05) is 26.6 Å². The highest BCUT2D eigenvalue weighted by Gasteiger charge is 2.46. The average Bonchev–Trinajstić information content (AvgIpc) is 2.81. The highest BCUT2D eigenvalue weighted by Crippen LogP contribution is 2.38. The molecule has 114 valence electrons. The van der Waals surface area contributed by atoms with Gasteiger partial charge in [-0.3, -0.25) is 14.9 Å². The lowest BCUT2D eigenvalue weighted by Crippen LogP contribution is -2.41. The molecule has 0 aromatic heterocycles. The Hall–Kier alpha value is -1.63. The number of rotatable bonds is 5. The summed E-state index contributed by atoms with van der Waals surface area (Å²) in [4.78, 5) is 35.9. The average molecular weight is 285 g/mol. The van der Waals surface area contributed by atoms with E-state index < -0.39 is 17.4 Å². The summed E-state index contributed by atoms with van der Waals surface area (Å²) >= 11 is 0. The summed E-state index contributed by atoms with van der Waals surface area (Å²) in [5.74, 6) is -1.09. The van der Waals surface area contributed by atoms with Gasteiger partial charge in [0.15, 0.2) is 0 Å². The standard InChI is InChI=1S/C13H23N3O4/c1-9(2)13(11(18)19)5-7-16(8-13)6-4-10(17)15-12(20)14-3/h9H,4-8H2,1-3H3,(H,18,19)(H2,14,15,17,20). The third kappa shape index (κ3) is 3.69. The first-order chi connectivity index (χ1) is 9.31. The van der Waals surface area contributed by atoms with Crippen LogP contribution in [0.1, 0.15) is 26.7 Å². The van der Waals surface area contributed by atoms with Crippen molar-refractivity contribution in [1.82, 2.24) is 15.5 Å². The zero-order chi connectivity index (χ0) is 15.3. The van der Waals surface area contributed by atoms with Gasteiger partial charge in [0.25, 0.3) is 0 Å². The Balaban J connectivity index is 2.47. The molecule has 1 heterocycles. The summed E-state index contributed by atoms with van der Waals surface area (Å²) in [6.07, 6.45) is 0.776. The van der Waals surface area contributed by atoms with Gasteiger partial charge in [-0.1, -0.05) is 13.8 Å². The Kier molecular flexibility index (Phi) is 5.50. The fraction of sp³-hybridized carbons (Fsp3) is 0.769. The Bertz CT molecular complexity index is 397. The molecule has 0 aromatic carbocycles. The molecule has 0 bridgehead atoms. The first-order valence-corrected chi connectivity index (χ1v) is 6.79. The van der Waals surface area contributed by atoms with Crippen molar-refractivity contribution < 1.29 is 19.5 Å². The zero-order valence-electron chi connectivity index (χ0n) is 12.2. The summed E-state index contributed by atoms with van der Waals surface area (Å²) in [6, 6.07) is -0.529. The van der Waals surface area contributed by atoms with Crippen molar-refractivity contribution in [3.05, 3.63) is 0 Å². The lowest BCUT2D eigenvalue weighted by Gasteiger charge is -2.28. The normalized spacial score (nSPS) is 22.8. The molecule has 3 amide bonds. The van der Waals surface area contributed by atoms with Crippen molar-refractivity contribution in [2.75, 3.05) is 26.7 Å². The molecular weight excluding hydrogens is 262 g/mol. The van der Waals surface area contributed by atoms with Crippen LogP contribution in [-0.4, -0.2) is 54.6 Å². The van der Waals surface area contributed by atoms with Crippen LogP contribution < -0.4 is 10.6 Å². The molecule has 0 spiro atoms. The van der Waals surface area contributed by atoms with E-state index in [0.717, 1.165) is 0 Å². The minimum Gasteiger partial charge on any atom is -0.481 e. The van der Waals surface area contributed by atoms with Crippen LogP contribution in [0.2, 0.25) is 0 Å². The lowest BCUT2D eigenvalue weighted by molar-refractivity contribution is -0.151. The van der Waals surface area contributed by atoms with E-state index in [4.69, 9.17) is 0 Å². The van der Waals surface area contributed by atoms with Crippen molar-refractivity contribution >= 4 is 17.9 Å². The van der Waals surface area contributed by atoms with Crippen LogP contribution >= 0.6 is 0 Å². The number of imide groups is 1. The monoisotopic (exact) mass is 285 g/mol. The second-order valence-electron chi connectivity index (χ2n) is 5.52. The molecule has 1 fully saturated rings. The number of carboxylic acids is 1. The molecule has 1 saturated heterocycles. The van der Waals surface area contributed by atoms with Gasteiger partial charge in [-0.2, -0.15) is 0 Å². The number of aliphatic carboxylic acids is 1. The third-order valence-corrected chi connectivity index (χ3v) is 4.05. The minimum absolute atomic E-state index is 0.0460. The Morgan fingerprint density at radius 2 is 2.00 bits per heavy atom. The summed E-state index contributed by atoms with van der Waals surface area (Å²) in [7, 11) is 1.44. The molecule has 20 heavy (non-hydrogen) atoms. The van der Waals surface area contributed by atoms with Gasteiger partial charge in [-0.05, 0) is 18.9 Å². The molecule has 0 aromatic rings. The molecular formula is C13H23N3O4. The molecule has 1 aliphatic heterocycles. The van der Waals surface area contributed by atoms with Crippen molar-refractivity contribution in [3.8, 4) is 0 Å². The first-order valence-electron chi connectivity index (χ1n) is 6.79. The van der Waals surface area contributed by atoms with Crippen LogP contribution in [0.15, 0.2) is 0 Å². The molecule has 7 nitrogen and oxygen atoms in total. The quantitative estimate of drug-likeness (QED) is 0.673. The van der Waals surface area contributed by atoms with E-state index in [1.54, 1.807) is 0 Å². The highest BCUT2D eigenvalue weighted by molar-refractivity contribution is 5.94. The van der Waals surface area contributed by atoms with Gasteiger partial charge in [0.2, 0.25) is 5.91 Å². The van der Waals surface area contributed by atoms with E-state index in [1.165, 1.54) is 7.05 Å². The Morgan fingerprint density at radius 1 is 1.35 bits per heavy atom. The molecule has 0 radical (unpaired) electrons. The molecule has 0 saturated carbocycles. The second kappa shape index (κ2) is 6.69. The number of carboxylic acid groups (broad SMARTS) is 1. The maximum absolute atomic E-state index is 11.5. The molecule has 1 rings (SSSR count). The van der Waals surface area contributed by atoms with Gasteiger partial charge < -0.3 is 15.3 Å². The number of carbonyl (C=O) groups is 3. The minimum atomic E-state index is -0.773.